The number of hydrogen-bond donors (Lipinski definition) is 3. The molecule has 2 heterocycles. The summed E-state index contributed by atoms with van der Waals surface area (Å²) in [5.74, 6) is -1.72. The Bertz CT molecular complexity index is 1260. The topological polar surface area (TPSA) is 113 Å². The zero-order valence-electron chi connectivity index (χ0n) is 17.3. The molecule has 1 aromatic carbocycles. The van der Waals surface area contributed by atoms with Crippen molar-refractivity contribution < 1.29 is 18.4 Å². The van der Waals surface area contributed by atoms with E-state index in [0.29, 0.717) is 24.0 Å². The smallest absolute Gasteiger partial charge is 0.272 e. The van der Waals surface area contributed by atoms with Crippen LogP contribution < -0.4 is 10.6 Å². The first kappa shape index (κ1) is 21.4. The number of hydrogen-bond acceptors (Lipinski definition) is 5. The highest BCUT2D eigenvalue weighted by Gasteiger charge is 2.32. The Hall–Kier alpha value is -3.40. The van der Waals surface area contributed by atoms with Crippen LogP contribution in [0, 0.1) is 11.6 Å². The highest BCUT2D eigenvalue weighted by molar-refractivity contribution is 6.34. The second kappa shape index (κ2) is 8.51. The fourth-order valence-electron chi connectivity index (χ4n) is 3.47. The lowest BCUT2D eigenvalue weighted by molar-refractivity contribution is 0.0944. The van der Waals surface area contributed by atoms with Gasteiger partial charge in [0.05, 0.1) is 16.3 Å². The normalized spacial score (nSPS) is 15.4. The van der Waals surface area contributed by atoms with Gasteiger partial charge >= 0.3 is 0 Å². The summed E-state index contributed by atoms with van der Waals surface area (Å²) in [6.07, 6.45) is 6.22. The fraction of sp³-hybridized carbons (Fsp3) is 0.318. The molecule has 2 fully saturated rings. The number of nitrogens with one attached hydrogen (secondary N) is 3. The average Bonchev–Trinajstić information content (AvgIpc) is 3.72. The Morgan fingerprint density at radius 1 is 1.06 bits per heavy atom. The number of carbonyl (C=O) groups excluding carboxylic acids is 2. The van der Waals surface area contributed by atoms with Crippen molar-refractivity contribution in [2.75, 3.05) is 5.32 Å². The Labute approximate surface area is 192 Å². The van der Waals surface area contributed by atoms with Crippen LogP contribution in [0.3, 0.4) is 0 Å². The molecule has 0 spiro atoms. The Balaban J connectivity index is 1.23. The van der Waals surface area contributed by atoms with E-state index in [0.717, 1.165) is 42.8 Å². The van der Waals surface area contributed by atoms with E-state index < -0.39 is 23.4 Å². The van der Waals surface area contributed by atoms with Crippen molar-refractivity contribution in [3.63, 3.8) is 0 Å². The van der Waals surface area contributed by atoms with Gasteiger partial charge in [0.25, 0.3) is 11.8 Å². The molecular formula is C22H19ClF2N6O2. The summed E-state index contributed by atoms with van der Waals surface area (Å²) in [5.41, 5.74) is 1.68. The molecule has 0 saturated heterocycles. The van der Waals surface area contributed by atoms with Crippen molar-refractivity contribution >= 4 is 29.2 Å². The molecule has 0 aliphatic heterocycles. The first-order valence-corrected chi connectivity index (χ1v) is 10.9. The second-order valence-electron chi connectivity index (χ2n) is 8.24. The van der Waals surface area contributed by atoms with Crippen LogP contribution in [-0.2, 0) is 6.54 Å². The van der Waals surface area contributed by atoms with Crippen molar-refractivity contribution in [2.45, 2.75) is 44.1 Å². The van der Waals surface area contributed by atoms with E-state index in [9.17, 15) is 18.4 Å². The third kappa shape index (κ3) is 4.70. The molecule has 11 heteroatoms. The molecule has 5 rings (SSSR count). The monoisotopic (exact) mass is 472 g/mol. The van der Waals surface area contributed by atoms with Crippen LogP contribution >= 0.6 is 11.6 Å². The van der Waals surface area contributed by atoms with Gasteiger partial charge in [-0.05, 0) is 37.8 Å². The number of rotatable bonds is 7. The molecule has 2 amide bonds. The Morgan fingerprint density at radius 2 is 1.79 bits per heavy atom. The van der Waals surface area contributed by atoms with Gasteiger partial charge in [0.15, 0.2) is 17.3 Å². The van der Waals surface area contributed by atoms with Crippen molar-refractivity contribution in [1.82, 2.24) is 25.5 Å². The number of amides is 2. The molecule has 0 unspecified atom stereocenters. The lowest BCUT2D eigenvalue weighted by Crippen LogP contribution is -2.24. The molecule has 0 bridgehead atoms. The van der Waals surface area contributed by atoms with Gasteiger partial charge in [-0.2, -0.15) is 5.10 Å². The summed E-state index contributed by atoms with van der Waals surface area (Å²) in [7, 11) is 0. The summed E-state index contributed by atoms with van der Waals surface area (Å²) in [6.45, 7) is 0.259. The Kier molecular flexibility index (Phi) is 5.53. The maximum Gasteiger partial charge on any atom is 0.272 e. The first-order valence-electron chi connectivity index (χ1n) is 10.5. The van der Waals surface area contributed by atoms with Gasteiger partial charge in [-0.1, -0.05) is 11.6 Å². The van der Waals surface area contributed by atoms with Crippen LogP contribution in [-0.4, -0.2) is 32.0 Å². The predicted molar refractivity (Wildman–Crippen MR) is 115 cm³/mol. The number of H-pyrrole nitrogens is 1. The van der Waals surface area contributed by atoms with Crippen molar-refractivity contribution in [3.05, 3.63) is 69.4 Å². The molecular weight excluding hydrogens is 454 g/mol. The number of aromatic nitrogens is 4. The van der Waals surface area contributed by atoms with E-state index in [4.69, 9.17) is 16.6 Å². The average molecular weight is 473 g/mol. The Morgan fingerprint density at radius 3 is 2.52 bits per heavy atom. The highest BCUT2D eigenvalue weighted by Crippen LogP contribution is 2.43. The highest BCUT2D eigenvalue weighted by atomic mass is 35.5. The van der Waals surface area contributed by atoms with E-state index >= 15 is 0 Å². The van der Waals surface area contributed by atoms with Gasteiger partial charge in [0, 0.05) is 36.2 Å². The van der Waals surface area contributed by atoms with E-state index in [1.54, 1.807) is 6.20 Å². The SMILES string of the molecule is O=C(NCc1cnc(C2CC2)nc1C1CC1)c1cc(NC(=O)c2cc(F)c(F)cc2Cl)[nH]n1. The minimum Gasteiger partial charge on any atom is -0.346 e. The minimum absolute atomic E-state index is 0.0465. The minimum atomic E-state index is -1.20. The molecule has 0 atom stereocenters. The van der Waals surface area contributed by atoms with Crippen molar-refractivity contribution in [1.29, 1.82) is 0 Å². The molecule has 2 aliphatic carbocycles. The van der Waals surface area contributed by atoms with E-state index in [1.165, 1.54) is 6.07 Å². The van der Waals surface area contributed by atoms with Crippen LogP contribution in [0.15, 0.2) is 24.4 Å². The largest absolute Gasteiger partial charge is 0.346 e. The number of halogens is 3. The van der Waals surface area contributed by atoms with E-state index in [1.807, 2.05) is 0 Å². The van der Waals surface area contributed by atoms with Crippen LogP contribution in [0.2, 0.25) is 5.02 Å². The fourth-order valence-corrected chi connectivity index (χ4v) is 3.71. The summed E-state index contributed by atoms with van der Waals surface area (Å²) < 4.78 is 26.7. The molecule has 2 saturated carbocycles. The molecule has 170 valence electrons. The second-order valence-corrected chi connectivity index (χ2v) is 8.64. The third-order valence-electron chi connectivity index (χ3n) is 5.58. The third-order valence-corrected chi connectivity index (χ3v) is 5.89. The van der Waals surface area contributed by atoms with Gasteiger partial charge in [-0.3, -0.25) is 14.7 Å². The summed E-state index contributed by atoms with van der Waals surface area (Å²) in [5, 5.41) is 11.4. The van der Waals surface area contributed by atoms with Gasteiger partial charge < -0.3 is 10.6 Å². The number of carbonyl (C=O) groups is 2. The molecule has 0 radical (unpaired) electrons. The molecule has 2 aliphatic rings. The van der Waals surface area contributed by atoms with Crippen molar-refractivity contribution in [2.24, 2.45) is 0 Å². The van der Waals surface area contributed by atoms with Gasteiger partial charge in [-0.25, -0.2) is 18.7 Å². The number of aromatic amines is 1. The van der Waals surface area contributed by atoms with E-state index in [-0.39, 0.29) is 28.6 Å². The zero-order chi connectivity index (χ0) is 23.1. The van der Waals surface area contributed by atoms with Crippen LogP contribution in [0.1, 0.15) is 75.4 Å². The van der Waals surface area contributed by atoms with Crippen molar-refractivity contribution in [3.8, 4) is 0 Å². The number of nitrogens with zero attached hydrogens (tertiary/aromatic N) is 3. The molecule has 8 nitrogen and oxygen atoms in total. The lowest BCUT2D eigenvalue weighted by atomic mass is 10.1. The van der Waals surface area contributed by atoms with E-state index in [2.05, 4.69) is 25.8 Å². The quantitative estimate of drug-likeness (QED) is 0.449. The molecule has 3 N–H and O–H groups in total. The molecule has 3 aromatic rings. The number of anilines is 1. The first-order chi connectivity index (χ1) is 15.9. The standard InChI is InChI=1S/C22H19ClF2N6O2/c23-14-6-16(25)15(24)5-13(14)21(32)28-18-7-17(30-31-18)22(33)27-9-12-8-26-20(11-3-4-11)29-19(12)10-1-2-10/h5-8,10-11H,1-4,9H2,(H,27,33)(H2,28,30,31,32). The number of benzene rings is 1. The van der Waals surface area contributed by atoms with Crippen LogP contribution in [0.4, 0.5) is 14.6 Å². The summed E-state index contributed by atoms with van der Waals surface area (Å²) in [4.78, 5) is 34.1. The lowest BCUT2D eigenvalue weighted by Gasteiger charge is -2.10. The summed E-state index contributed by atoms with van der Waals surface area (Å²) in [6, 6.07) is 2.74. The van der Waals surface area contributed by atoms with Crippen LogP contribution in [0.5, 0.6) is 0 Å². The van der Waals surface area contributed by atoms with Gasteiger partial charge in [0.1, 0.15) is 11.6 Å². The predicted octanol–water partition coefficient (Wildman–Crippen LogP) is 4.07. The summed E-state index contributed by atoms with van der Waals surface area (Å²) >= 11 is 5.82. The van der Waals surface area contributed by atoms with Gasteiger partial charge in [-0.15, -0.1) is 0 Å². The van der Waals surface area contributed by atoms with Gasteiger partial charge in [0.2, 0.25) is 0 Å². The zero-order valence-corrected chi connectivity index (χ0v) is 18.0. The molecule has 33 heavy (non-hydrogen) atoms. The maximum absolute atomic E-state index is 13.4. The van der Waals surface area contributed by atoms with Crippen LogP contribution in [0.25, 0.3) is 0 Å². The molecule has 2 aromatic heterocycles. The maximum atomic E-state index is 13.4.